The van der Waals surface area contributed by atoms with Gasteiger partial charge in [0.25, 0.3) is 11.8 Å². The van der Waals surface area contributed by atoms with Crippen molar-refractivity contribution in [3.63, 3.8) is 0 Å². The van der Waals surface area contributed by atoms with Gasteiger partial charge < -0.3 is 10.6 Å². The summed E-state index contributed by atoms with van der Waals surface area (Å²) in [4.78, 5) is 25.0. The first kappa shape index (κ1) is 22.1. The Hall–Kier alpha value is -5.06. The minimum atomic E-state index is -0.206. The maximum absolute atomic E-state index is 12.5. The van der Waals surface area contributed by atoms with E-state index in [0.717, 1.165) is 22.3 Å². The van der Waals surface area contributed by atoms with Gasteiger partial charge >= 0.3 is 0 Å². The molecule has 0 fully saturated rings. The van der Waals surface area contributed by atoms with Crippen LogP contribution in [-0.2, 0) is 0 Å². The summed E-state index contributed by atoms with van der Waals surface area (Å²) >= 11 is 0. The Balaban J connectivity index is 1.40. The van der Waals surface area contributed by atoms with Crippen LogP contribution in [0.1, 0.15) is 31.8 Å². The zero-order valence-corrected chi connectivity index (χ0v) is 18.2. The first-order chi connectivity index (χ1) is 16.6. The lowest BCUT2D eigenvalue weighted by molar-refractivity contribution is 0.101. The molecule has 4 aromatic carbocycles. The number of carbonyl (C=O) groups is 2. The number of carbonyl (C=O) groups excluding carboxylic acids is 2. The van der Waals surface area contributed by atoms with Crippen LogP contribution in [0.5, 0.6) is 0 Å². The molecule has 2 N–H and O–H groups in total. The molecule has 0 saturated heterocycles. The normalized spacial score (nSPS) is 9.94. The van der Waals surface area contributed by atoms with E-state index < -0.39 is 0 Å². The van der Waals surface area contributed by atoms with Crippen molar-refractivity contribution in [3.8, 4) is 35.8 Å². The molecule has 0 bridgehead atoms. The quantitative estimate of drug-likeness (QED) is 0.384. The largest absolute Gasteiger partial charge is 0.322 e. The van der Waals surface area contributed by atoms with E-state index in [2.05, 4.69) is 22.5 Å². The first-order valence-corrected chi connectivity index (χ1v) is 10.5. The van der Waals surface area contributed by atoms with Gasteiger partial charge in [0.15, 0.2) is 0 Å². The Morgan fingerprint density at radius 3 is 1.12 bits per heavy atom. The Labute approximate surface area is 198 Å². The first-order valence-electron chi connectivity index (χ1n) is 10.5. The van der Waals surface area contributed by atoms with Gasteiger partial charge in [0.1, 0.15) is 0 Å². The van der Waals surface area contributed by atoms with Crippen LogP contribution < -0.4 is 10.6 Å². The molecule has 0 atom stereocenters. The average molecular weight is 441 g/mol. The van der Waals surface area contributed by atoms with Gasteiger partial charge in [-0.05, 0) is 83.9 Å². The van der Waals surface area contributed by atoms with Gasteiger partial charge in [-0.25, -0.2) is 0 Å². The average Bonchev–Trinajstić information content (AvgIpc) is 2.89. The molecule has 0 heterocycles. The summed E-state index contributed by atoms with van der Waals surface area (Å²) in [5.41, 5.74) is 5.81. The summed E-state index contributed by atoms with van der Waals surface area (Å²) in [5, 5.41) is 5.71. The second kappa shape index (κ2) is 10.0. The molecule has 0 aliphatic heterocycles. The van der Waals surface area contributed by atoms with Crippen molar-refractivity contribution < 1.29 is 9.59 Å². The molecule has 4 rings (SSSR count). The highest BCUT2D eigenvalue weighted by molar-refractivity contribution is 6.05. The number of terminal acetylenes is 2. The summed E-state index contributed by atoms with van der Waals surface area (Å²) in [6, 6.07) is 28.7. The van der Waals surface area contributed by atoms with Crippen LogP contribution in [0.4, 0.5) is 11.4 Å². The van der Waals surface area contributed by atoms with Crippen molar-refractivity contribution in [1.82, 2.24) is 0 Å². The minimum Gasteiger partial charge on any atom is -0.322 e. The third-order valence-electron chi connectivity index (χ3n) is 5.25. The molecule has 4 nitrogen and oxygen atoms in total. The van der Waals surface area contributed by atoms with Crippen LogP contribution in [0.25, 0.3) is 11.1 Å². The summed E-state index contributed by atoms with van der Waals surface area (Å²) in [6.07, 6.45) is 10.7. The zero-order chi connectivity index (χ0) is 23.9. The van der Waals surface area contributed by atoms with Gasteiger partial charge in [0.2, 0.25) is 0 Å². The van der Waals surface area contributed by atoms with E-state index in [9.17, 15) is 9.59 Å². The Kier molecular flexibility index (Phi) is 6.54. The third-order valence-corrected chi connectivity index (χ3v) is 5.25. The molecule has 0 aromatic heterocycles. The van der Waals surface area contributed by atoms with E-state index in [1.807, 2.05) is 24.3 Å². The van der Waals surface area contributed by atoms with E-state index in [1.54, 1.807) is 72.8 Å². The predicted octanol–water partition coefficient (Wildman–Crippen LogP) is 5.82. The van der Waals surface area contributed by atoms with Crippen molar-refractivity contribution >= 4 is 23.2 Å². The fraction of sp³-hybridized carbons (Fsp3) is 0. The second-order valence-electron chi connectivity index (χ2n) is 7.51. The lowest BCUT2D eigenvalue weighted by Gasteiger charge is -2.08. The van der Waals surface area contributed by atoms with E-state index in [-0.39, 0.29) is 11.8 Å². The zero-order valence-electron chi connectivity index (χ0n) is 18.2. The highest BCUT2D eigenvalue weighted by Crippen LogP contribution is 2.22. The number of benzene rings is 4. The monoisotopic (exact) mass is 440 g/mol. The van der Waals surface area contributed by atoms with Gasteiger partial charge in [-0.2, -0.15) is 0 Å². The fourth-order valence-electron chi connectivity index (χ4n) is 3.33. The van der Waals surface area contributed by atoms with Crippen LogP contribution in [0.3, 0.4) is 0 Å². The Morgan fingerprint density at radius 1 is 0.500 bits per heavy atom. The van der Waals surface area contributed by atoms with Crippen LogP contribution in [0, 0.1) is 24.7 Å². The van der Waals surface area contributed by atoms with Gasteiger partial charge in [0.05, 0.1) is 0 Å². The molecule has 0 spiro atoms. The van der Waals surface area contributed by atoms with Crippen molar-refractivity contribution in [3.05, 3.63) is 119 Å². The molecule has 162 valence electrons. The highest BCUT2D eigenvalue weighted by Gasteiger charge is 2.09. The molecular weight excluding hydrogens is 420 g/mol. The molecular formula is C30H20N2O2. The Bertz CT molecular complexity index is 1290. The standard InChI is InChI=1S/C30H20N2O2/c1-3-21-5-17-27(18-6-21)31-29(33)25-13-9-23(10-14-25)24-11-15-26(16-12-24)30(34)32-28-19-7-22(4-2)8-20-28/h1-2,5-20H,(H,31,33)(H,32,34). The molecule has 0 radical (unpaired) electrons. The van der Waals surface area contributed by atoms with Gasteiger partial charge in [-0.15, -0.1) is 12.8 Å². The highest BCUT2D eigenvalue weighted by atomic mass is 16.2. The lowest BCUT2D eigenvalue weighted by atomic mass is 10.0. The third kappa shape index (κ3) is 5.22. The van der Waals surface area contributed by atoms with E-state index in [4.69, 9.17) is 12.8 Å². The number of rotatable bonds is 5. The lowest BCUT2D eigenvalue weighted by Crippen LogP contribution is -2.12. The minimum absolute atomic E-state index is 0.206. The molecule has 4 aromatic rings. The smallest absolute Gasteiger partial charge is 0.255 e. The van der Waals surface area contributed by atoms with Crippen molar-refractivity contribution in [2.45, 2.75) is 0 Å². The molecule has 0 saturated carbocycles. The number of amides is 2. The maximum Gasteiger partial charge on any atom is 0.255 e. The van der Waals surface area contributed by atoms with Crippen LogP contribution >= 0.6 is 0 Å². The predicted molar refractivity (Wildman–Crippen MR) is 137 cm³/mol. The molecule has 0 aliphatic carbocycles. The topological polar surface area (TPSA) is 58.2 Å². The number of nitrogens with one attached hydrogen (secondary N) is 2. The molecule has 2 amide bonds. The molecule has 4 heteroatoms. The van der Waals surface area contributed by atoms with Crippen molar-refractivity contribution in [2.75, 3.05) is 10.6 Å². The van der Waals surface area contributed by atoms with Crippen LogP contribution in [-0.4, -0.2) is 11.8 Å². The number of anilines is 2. The second-order valence-corrected chi connectivity index (χ2v) is 7.51. The van der Waals surface area contributed by atoms with Gasteiger partial charge in [-0.3, -0.25) is 9.59 Å². The number of hydrogen-bond donors (Lipinski definition) is 2. The molecule has 0 unspecified atom stereocenters. The molecule has 0 aliphatic rings. The van der Waals surface area contributed by atoms with Gasteiger partial charge in [-0.1, -0.05) is 36.1 Å². The maximum atomic E-state index is 12.5. The number of hydrogen-bond acceptors (Lipinski definition) is 2. The van der Waals surface area contributed by atoms with Crippen molar-refractivity contribution in [1.29, 1.82) is 0 Å². The van der Waals surface area contributed by atoms with Crippen LogP contribution in [0.15, 0.2) is 97.1 Å². The SMILES string of the molecule is C#Cc1ccc(NC(=O)c2ccc(-c3ccc(C(=O)Nc4ccc(C#C)cc4)cc3)cc2)cc1. The van der Waals surface area contributed by atoms with Crippen molar-refractivity contribution in [2.24, 2.45) is 0 Å². The summed E-state index contributed by atoms with van der Waals surface area (Å²) in [7, 11) is 0. The molecule has 34 heavy (non-hydrogen) atoms. The van der Waals surface area contributed by atoms with Crippen LogP contribution in [0.2, 0.25) is 0 Å². The summed E-state index contributed by atoms with van der Waals surface area (Å²) in [5.74, 6) is 4.68. The summed E-state index contributed by atoms with van der Waals surface area (Å²) in [6.45, 7) is 0. The fourth-order valence-corrected chi connectivity index (χ4v) is 3.33. The Morgan fingerprint density at radius 2 is 0.824 bits per heavy atom. The van der Waals surface area contributed by atoms with Gasteiger partial charge in [0, 0.05) is 33.6 Å². The van der Waals surface area contributed by atoms with E-state index in [1.165, 1.54) is 0 Å². The van der Waals surface area contributed by atoms with E-state index in [0.29, 0.717) is 22.5 Å². The summed E-state index contributed by atoms with van der Waals surface area (Å²) < 4.78 is 0. The van der Waals surface area contributed by atoms with E-state index >= 15 is 0 Å².